The van der Waals surface area contributed by atoms with Gasteiger partial charge in [-0.25, -0.2) is 9.59 Å². The minimum atomic E-state index is -0.471. The van der Waals surface area contributed by atoms with Gasteiger partial charge in [0.15, 0.2) is 0 Å². The first kappa shape index (κ1) is 24.6. The summed E-state index contributed by atoms with van der Waals surface area (Å²) in [6.07, 6.45) is 8.31. The molecule has 0 aliphatic heterocycles. The van der Waals surface area contributed by atoms with Gasteiger partial charge in [0.05, 0.1) is 0 Å². The molecule has 1 amide bonds. The van der Waals surface area contributed by atoms with E-state index in [9.17, 15) is 9.59 Å². The number of ether oxygens (including phenoxy) is 2. The van der Waals surface area contributed by atoms with Crippen LogP contribution in [0.3, 0.4) is 0 Å². The highest BCUT2D eigenvalue weighted by atomic mass is 16.6. The van der Waals surface area contributed by atoms with E-state index < -0.39 is 11.6 Å². The minimum Gasteiger partial charge on any atom is -0.461 e. The van der Waals surface area contributed by atoms with E-state index in [2.05, 4.69) is 10.6 Å². The second-order valence-corrected chi connectivity index (χ2v) is 10.4. The third-order valence-corrected chi connectivity index (χ3v) is 6.46. The number of carbonyl (C=O) groups excluding carboxylic acids is 2. The van der Waals surface area contributed by atoms with Gasteiger partial charge in [-0.1, -0.05) is 30.3 Å². The molecule has 32 heavy (non-hydrogen) atoms. The van der Waals surface area contributed by atoms with E-state index in [1.807, 2.05) is 51.1 Å². The van der Waals surface area contributed by atoms with E-state index >= 15 is 0 Å². The van der Waals surface area contributed by atoms with E-state index in [0.29, 0.717) is 18.4 Å². The summed E-state index contributed by atoms with van der Waals surface area (Å²) >= 11 is 0. The van der Waals surface area contributed by atoms with Crippen LogP contribution in [-0.4, -0.2) is 36.9 Å². The standard InChI is InChI=1S/C26H40N2O4/c1-26(2,3)32-25(30)28-18-20-15-13-19(14-16-20)17-27-23(21-9-5-4-6-10-21)24(29)31-22-11-7-8-12-22/h4-6,9-10,19-20,22-23,27H,7-8,11-18H2,1-3H3,(H,28,30)/t19?,20?,23-/m0/s1. The van der Waals surface area contributed by atoms with Crippen molar-refractivity contribution < 1.29 is 19.1 Å². The molecule has 3 rings (SSSR count). The Bertz CT molecular complexity index is 717. The first-order valence-corrected chi connectivity index (χ1v) is 12.3. The van der Waals surface area contributed by atoms with Gasteiger partial charge >= 0.3 is 12.1 Å². The minimum absolute atomic E-state index is 0.0726. The number of esters is 1. The van der Waals surface area contributed by atoms with Gasteiger partial charge in [-0.2, -0.15) is 0 Å². The molecule has 2 aliphatic carbocycles. The summed E-state index contributed by atoms with van der Waals surface area (Å²) in [5.41, 5.74) is 0.493. The normalized spacial score (nSPS) is 22.8. The lowest BCUT2D eigenvalue weighted by molar-refractivity contribution is -0.151. The zero-order valence-electron chi connectivity index (χ0n) is 19.9. The SMILES string of the molecule is CC(C)(C)OC(=O)NCC1CCC(CN[C@H](C(=O)OC2CCCC2)c2ccccc2)CC1. The highest BCUT2D eigenvalue weighted by molar-refractivity contribution is 5.77. The number of carbonyl (C=O) groups is 2. The number of amides is 1. The molecule has 1 aromatic carbocycles. The molecule has 1 aromatic rings. The molecule has 0 aromatic heterocycles. The lowest BCUT2D eigenvalue weighted by Gasteiger charge is -2.30. The van der Waals surface area contributed by atoms with E-state index in [1.165, 1.54) is 0 Å². The maximum atomic E-state index is 12.9. The Morgan fingerprint density at radius 2 is 1.53 bits per heavy atom. The van der Waals surface area contributed by atoms with Gasteiger partial charge in [0, 0.05) is 6.54 Å². The van der Waals surface area contributed by atoms with Crippen LogP contribution in [0.1, 0.15) is 83.7 Å². The summed E-state index contributed by atoms with van der Waals surface area (Å²) < 4.78 is 11.1. The van der Waals surface area contributed by atoms with Crippen molar-refractivity contribution in [3.8, 4) is 0 Å². The van der Waals surface area contributed by atoms with Crippen molar-refractivity contribution in [2.75, 3.05) is 13.1 Å². The Hall–Kier alpha value is -2.08. The summed E-state index contributed by atoms with van der Waals surface area (Å²) in [6.45, 7) is 7.08. The number of hydrogen-bond donors (Lipinski definition) is 2. The topological polar surface area (TPSA) is 76.7 Å². The number of hydrogen-bond acceptors (Lipinski definition) is 5. The monoisotopic (exact) mass is 444 g/mol. The van der Waals surface area contributed by atoms with Crippen LogP contribution in [0.4, 0.5) is 4.79 Å². The van der Waals surface area contributed by atoms with Gasteiger partial charge in [-0.05, 0) is 96.1 Å². The van der Waals surface area contributed by atoms with E-state index in [0.717, 1.165) is 63.5 Å². The summed E-state index contributed by atoms with van der Waals surface area (Å²) in [7, 11) is 0. The van der Waals surface area contributed by atoms with Crippen LogP contribution < -0.4 is 10.6 Å². The van der Waals surface area contributed by atoms with Gasteiger partial charge in [0.2, 0.25) is 0 Å². The van der Waals surface area contributed by atoms with Crippen molar-refractivity contribution in [2.24, 2.45) is 11.8 Å². The number of nitrogens with one attached hydrogen (secondary N) is 2. The molecule has 6 heteroatoms. The zero-order chi connectivity index (χ0) is 23.0. The lowest BCUT2D eigenvalue weighted by atomic mass is 9.82. The van der Waals surface area contributed by atoms with Crippen LogP contribution in [0.15, 0.2) is 30.3 Å². The van der Waals surface area contributed by atoms with Crippen LogP contribution in [0.2, 0.25) is 0 Å². The predicted octanol–water partition coefficient (Wildman–Crippen LogP) is 5.13. The largest absolute Gasteiger partial charge is 0.461 e. The van der Waals surface area contributed by atoms with Crippen LogP contribution in [0.25, 0.3) is 0 Å². The Balaban J connectivity index is 1.44. The third-order valence-electron chi connectivity index (χ3n) is 6.46. The quantitative estimate of drug-likeness (QED) is 0.543. The van der Waals surface area contributed by atoms with E-state index in [1.54, 1.807) is 0 Å². The number of benzene rings is 1. The number of rotatable bonds is 8. The van der Waals surface area contributed by atoms with Crippen molar-refractivity contribution >= 4 is 12.1 Å². The molecule has 0 saturated heterocycles. The molecule has 2 fully saturated rings. The van der Waals surface area contributed by atoms with Gasteiger partial charge in [-0.3, -0.25) is 0 Å². The molecule has 0 radical (unpaired) electrons. The molecule has 0 heterocycles. The average Bonchev–Trinajstić information content (AvgIpc) is 3.26. The molecule has 1 atom stereocenters. The van der Waals surface area contributed by atoms with Crippen LogP contribution in [0.5, 0.6) is 0 Å². The second-order valence-electron chi connectivity index (χ2n) is 10.4. The van der Waals surface area contributed by atoms with Gasteiger partial charge in [-0.15, -0.1) is 0 Å². The van der Waals surface area contributed by atoms with Crippen LogP contribution in [0, 0.1) is 11.8 Å². The number of alkyl carbamates (subject to hydrolysis) is 1. The van der Waals surface area contributed by atoms with Gasteiger partial charge in [0.1, 0.15) is 17.7 Å². The average molecular weight is 445 g/mol. The summed E-state index contributed by atoms with van der Waals surface area (Å²) in [6, 6.07) is 9.48. The molecule has 0 spiro atoms. The first-order valence-electron chi connectivity index (χ1n) is 12.3. The molecular formula is C26H40N2O4. The fourth-order valence-electron chi connectivity index (χ4n) is 4.69. The molecule has 0 bridgehead atoms. The molecule has 2 saturated carbocycles. The molecular weight excluding hydrogens is 404 g/mol. The van der Waals surface area contributed by atoms with Crippen LogP contribution >= 0.6 is 0 Å². The van der Waals surface area contributed by atoms with Gasteiger partial charge < -0.3 is 20.1 Å². The predicted molar refractivity (Wildman–Crippen MR) is 125 cm³/mol. The molecule has 6 nitrogen and oxygen atoms in total. The summed E-state index contributed by atoms with van der Waals surface area (Å²) in [5, 5.41) is 6.41. The van der Waals surface area contributed by atoms with Gasteiger partial charge in [0.25, 0.3) is 0 Å². The highest BCUT2D eigenvalue weighted by Crippen LogP contribution is 2.29. The Morgan fingerprint density at radius 1 is 0.938 bits per heavy atom. The maximum Gasteiger partial charge on any atom is 0.407 e. The van der Waals surface area contributed by atoms with Crippen molar-refractivity contribution in [3.05, 3.63) is 35.9 Å². The summed E-state index contributed by atoms with van der Waals surface area (Å²) in [4.78, 5) is 24.8. The molecule has 0 unspecified atom stereocenters. The van der Waals surface area contributed by atoms with Crippen molar-refractivity contribution in [1.82, 2.24) is 10.6 Å². The molecule has 2 N–H and O–H groups in total. The van der Waals surface area contributed by atoms with Crippen molar-refractivity contribution in [2.45, 2.75) is 89.9 Å². The summed E-state index contributed by atoms with van der Waals surface area (Å²) in [5.74, 6) is 0.854. The Morgan fingerprint density at radius 3 is 2.12 bits per heavy atom. The van der Waals surface area contributed by atoms with E-state index in [-0.39, 0.29) is 18.2 Å². The molecule has 2 aliphatic rings. The lowest BCUT2D eigenvalue weighted by Crippen LogP contribution is -2.38. The van der Waals surface area contributed by atoms with Crippen molar-refractivity contribution in [1.29, 1.82) is 0 Å². The maximum absolute atomic E-state index is 12.9. The Kier molecular flexibility index (Phi) is 8.97. The first-order chi connectivity index (χ1) is 15.3. The van der Waals surface area contributed by atoms with Crippen molar-refractivity contribution in [3.63, 3.8) is 0 Å². The van der Waals surface area contributed by atoms with E-state index in [4.69, 9.17) is 9.47 Å². The second kappa shape index (κ2) is 11.7. The fraction of sp³-hybridized carbons (Fsp3) is 0.692. The smallest absolute Gasteiger partial charge is 0.407 e. The van der Waals surface area contributed by atoms with Crippen LogP contribution in [-0.2, 0) is 14.3 Å². The Labute approximate surface area is 192 Å². The fourth-order valence-corrected chi connectivity index (χ4v) is 4.69. The highest BCUT2D eigenvalue weighted by Gasteiger charge is 2.28. The third kappa shape index (κ3) is 8.12. The molecule has 178 valence electrons. The zero-order valence-corrected chi connectivity index (χ0v) is 19.9.